The Morgan fingerprint density at radius 2 is 1.68 bits per heavy atom. The van der Waals surface area contributed by atoms with Crippen LogP contribution in [0.15, 0.2) is 22.8 Å². The van der Waals surface area contributed by atoms with Gasteiger partial charge in [0.1, 0.15) is 12.2 Å². The van der Waals surface area contributed by atoms with Crippen molar-refractivity contribution in [1.82, 2.24) is 4.90 Å². The van der Waals surface area contributed by atoms with Crippen molar-refractivity contribution in [2.24, 2.45) is 29.1 Å². The minimum absolute atomic E-state index is 0.189. The van der Waals surface area contributed by atoms with Crippen LogP contribution < -0.4 is 0 Å². The van der Waals surface area contributed by atoms with Crippen molar-refractivity contribution in [1.29, 1.82) is 0 Å². The van der Waals surface area contributed by atoms with Gasteiger partial charge in [0.15, 0.2) is 5.78 Å². The molecule has 38 heavy (non-hydrogen) atoms. The number of hydrogen-bond acceptors (Lipinski definition) is 4. The molecule has 0 spiro atoms. The van der Waals surface area contributed by atoms with Gasteiger partial charge < -0.3 is 15.1 Å². The van der Waals surface area contributed by atoms with E-state index in [1.165, 1.54) is 68.9 Å². The molecule has 6 aliphatic rings. The molecule has 0 saturated heterocycles. The molecule has 0 heterocycles. The summed E-state index contributed by atoms with van der Waals surface area (Å²) < 4.78 is 0. The fraction of sp³-hybridized carbons (Fsp3) is 0.794. The third kappa shape index (κ3) is 4.46. The Kier molecular flexibility index (Phi) is 7.43. The molecule has 5 unspecified atom stereocenters. The van der Waals surface area contributed by atoms with E-state index in [4.69, 9.17) is 0 Å². The molecule has 0 aromatic carbocycles. The Morgan fingerprint density at radius 1 is 0.947 bits per heavy atom. The zero-order chi connectivity index (χ0) is 26.5. The maximum absolute atomic E-state index is 12.3. The van der Waals surface area contributed by atoms with Crippen LogP contribution in [0.25, 0.3) is 0 Å². The molecule has 0 amide bonds. The number of allylic oxidation sites excluding steroid dienone is 4. The van der Waals surface area contributed by atoms with Crippen LogP contribution in [0.5, 0.6) is 0 Å². The van der Waals surface area contributed by atoms with Crippen LogP contribution in [0.1, 0.15) is 110 Å². The first-order chi connectivity index (χ1) is 18.3. The fourth-order valence-corrected chi connectivity index (χ4v) is 10.2. The van der Waals surface area contributed by atoms with E-state index in [0.717, 1.165) is 38.1 Å². The molecule has 0 aliphatic heterocycles. The number of aliphatic hydroxyl groups excluding tert-OH is 1. The summed E-state index contributed by atoms with van der Waals surface area (Å²) in [6, 6.07) is 1.49. The predicted molar refractivity (Wildman–Crippen MR) is 151 cm³/mol. The van der Waals surface area contributed by atoms with Crippen LogP contribution in [-0.2, 0) is 4.79 Å². The number of carbonyl (C=O) groups is 1. The Morgan fingerprint density at radius 3 is 2.42 bits per heavy atom. The quantitative estimate of drug-likeness (QED) is 0.451. The molecule has 2 N–H and O–H groups in total. The van der Waals surface area contributed by atoms with Gasteiger partial charge in [-0.15, -0.1) is 0 Å². The van der Waals surface area contributed by atoms with Crippen molar-refractivity contribution in [2.75, 3.05) is 13.7 Å². The maximum Gasteiger partial charge on any atom is 0.156 e. The predicted octanol–water partition coefficient (Wildman–Crippen LogP) is 5.97. The molecule has 4 heteroatoms. The number of ketones is 1. The minimum atomic E-state index is -1.01. The van der Waals surface area contributed by atoms with Crippen molar-refractivity contribution < 1.29 is 15.0 Å². The number of fused-ring (bicyclic) bond motifs is 4. The highest BCUT2D eigenvalue weighted by atomic mass is 16.3. The number of aliphatic hydroxyl groups is 2. The highest BCUT2D eigenvalue weighted by Gasteiger charge is 2.63. The summed E-state index contributed by atoms with van der Waals surface area (Å²) >= 11 is 0. The summed E-state index contributed by atoms with van der Waals surface area (Å²) in [6.07, 6.45) is 20.5. The second kappa shape index (κ2) is 10.5. The van der Waals surface area contributed by atoms with Gasteiger partial charge in [-0.05, 0) is 125 Å². The monoisotopic (exact) mass is 519 g/mol. The van der Waals surface area contributed by atoms with Gasteiger partial charge in [-0.2, -0.15) is 0 Å². The van der Waals surface area contributed by atoms with E-state index in [1.54, 1.807) is 5.57 Å². The first-order valence-corrected chi connectivity index (χ1v) is 15.9. The lowest BCUT2D eigenvalue weighted by Gasteiger charge is -2.56. The summed E-state index contributed by atoms with van der Waals surface area (Å²) in [6.45, 7) is 2.13. The third-order valence-electron chi connectivity index (χ3n) is 12.3. The molecule has 208 valence electrons. The summed E-state index contributed by atoms with van der Waals surface area (Å²) in [5.74, 6) is 8.39. The molecule has 0 bridgehead atoms. The zero-order valence-corrected chi connectivity index (χ0v) is 23.8. The van der Waals surface area contributed by atoms with Crippen LogP contribution in [-0.4, -0.2) is 52.2 Å². The van der Waals surface area contributed by atoms with Gasteiger partial charge in [0, 0.05) is 23.9 Å². The largest absolute Gasteiger partial charge is 0.384 e. The minimum Gasteiger partial charge on any atom is -0.384 e. The van der Waals surface area contributed by atoms with Crippen LogP contribution in [0.4, 0.5) is 0 Å². The van der Waals surface area contributed by atoms with Gasteiger partial charge in [0.25, 0.3) is 0 Å². The number of hydrogen-bond donors (Lipinski definition) is 2. The highest BCUT2D eigenvalue weighted by Crippen LogP contribution is 2.66. The van der Waals surface area contributed by atoms with E-state index in [9.17, 15) is 15.0 Å². The Hall–Kier alpha value is -1.41. The van der Waals surface area contributed by atoms with Crippen molar-refractivity contribution in [2.45, 2.75) is 127 Å². The van der Waals surface area contributed by atoms with Crippen LogP contribution in [0.3, 0.4) is 0 Å². The van der Waals surface area contributed by atoms with Gasteiger partial charge in [0.05, 0.1) is 0 Å². The Bertz CT molecular complexity index is 1050. The molecule has 0 aromatic rings. The normalized spacial score (nSPS) is 41.7. The maximum atomic E-state index is 12.3. The van der Waals surface area contributed by atoms with Crippen molar-refractivity contribution in [3.05, 3.63) is 22.8 Å². The van der Waals surface area contributed by atoms with E-state index in [-0.39, 0.29) is 12.0 Å². The molecule has 6 rings (SSSR count). The second-order valence-corrected chi connectivity index (χ2v) is 13.9. The van der Waals surface area contributed by atoms with E-state index in [1.807, 2.05) is 6.08 Å². The van der Waals surface area contributed by atoms with Crippen LogP contribution in [0.2, 0.25) is 0 Å². The Labute approximate surface area is 230 Å². The molecule has 4 saturated carbocycles. The topological polar surface area (TPSA) is 60.8 Å². The standard InChI is InChI=1S/C34H49NO3/c1-33-22-30(23-9-12-26(13-10-23)35(2)25-7-4-3-5-8-25)32-28-16-14-27(37)21-24(28)11-15-29(32)31(33)17-19-34(33,38)18-6-20-36/h21,23,25-26,29-31,36,38H,3-5,7-17,19-20,22H2,1-2H3. The second-order valence-electron chi connectivity index (χ2n) is 13.9. The molecule has 6 aliphatic carbocycles. The van der Waals surface area contributed by atoms with Crippen LogP contribution in [0, 0.1) is 40.9 Å². The van der Waals surface area contributed by atoms with Gasteiger partial charge >= 0.3 is 0 Å². The Balaban J connectivity index is 1.30. The molecule has 4 nitrogen and oxygen atoms in total. The third-order valence-corrected chi connectivity index (χ3v) is 12.3. The smallest absolute Gasteiger partial charge is 0.156 e. The van der Waals surface area contributed by atoms with Gasteiger partial charge in [-0.3, -0.25) is 4.79 Å². The van der Waals surface area contributed by atoms with Gasteiger partial charge in [0.2, 0.25) is 0 Å². The van der Waals surface area contributed by atoms with Crippen molar-refractivity contribution in [3.63, 3.8) is 0 Å². The van der Waals surface area contributed by atoms with E-state index in [0.29, 0.717) is 48.3 Å². The zero-order valence-electron chi connectivity index (χ0n) is 23.8. The summed E-state index contributed by atoms with van der Waals surface area (Å²) in [7, 11) is 2.39. The fourth-order valence-electron chi connectivity index (χ4n) is 10.2. The highest BCUT2D eigenvalue weighted by molar-refractivity contribution is 5.93. The number of rotatable bonds is 3. The molecular weight excluding hydrogens is 470 g/mol. The molecule has 0 radical (unpaired) electrons. The lowest BCUT2D eigenvalue weighted by molar-refractivity contribution is -0.114. The molecule has 4 fully saturated rings. The van der Waals surface area contributed by atoms with Crippen molar-refractivity contribution >= 4 is 5.78 Å². The molecule has 0 aromatic heterocycles. The van der Waals surface area contributed by atoms with Crippen LogP contribution >= 0.6 is 0 Å². The summed E-state index contributed by atoms with van der Waals surface area (Å²) in [4.78, 5) is 15.1. The van der Waals surface area contributed by atoms with E-state index < -0.39 is 5.60 Å². The number of carbonyl (C=O) groups excluding carboxylic acids is 1. The number of nitrogens with zero attached hydrogens (tertiary/aromatic N) is 1. The lowest BCUT2D eigenvalue weighted by Crippen LogP contribution is -2.53. The summed E-state index contributed by atoms with van der Waals surface area (Å²) in [5, 5.41) is 21.4. The van der Waals surface area contributed by atoms with E-state index in [2.05, 4.69) is 30.7 Å². The van der Waals surface area contributed by atoms with Gasteiger partial charge in [-0.25, -0.2) is 0 Å². The first-order valence-electron chi connectivity index (χ1n) is 15.9. The van der Waals surface area contributed by atoms with E-state index >= 15 is 0 Å². The molecular formula is C34H49NO3. The summed E-state index contributed by atoms with van der Waals surface area (Å²) in [5.41, 5.74) is 3.31. The average Bonchev–Trinajstić information content (AvgIpc) is 3.21. The SMILES string of the molecule is CN(C1CCCCC1)C1CCC(C2CC3(C)C(CCC3(O)C#CCO)C3CCC4=CC(=O)CCC4=C23)CC1. The van der Waals surface area contributed by atoms with Crippen molar-refractivity contribution in [3.8, 4) is 11.8 Å². The van der Waals surface area contributed by atoms with Gasteiger partial charge in [-0.1, -0.05) is 43.6 Å². The molecule has 5 atom stereocenters. The average molecular weight is 520 g/mol. The lowest BCUT2D eigenvalue weighted by atomic mass is 9.49. The first kappa shape index (κ1) is 26.8.